The zero-order valence-corrected chi connectivity index (χ0v) is 15.9. The van der Waals surface area contributed by atoms with Gasteiger partial charge in [-0.05, 0) is 32.3 Å². The van der Waals surface area contributed by atoms with Gasteiger partial charge in [0.2, 0.25) is 0 Å². The molecule has 1 atom stereocenters. The Morgan fingerprint density at radius 1 is 1.24 bits per heavy atom. The second-order valence-electron chi connectivity index (χ2n) is 6.99. The number of nitrogens with zero attached hydrogens (tertiary/aromatic N) is 3. The van der Waals surface area contributed by atoms with Crippen LogP contribution in [0.1, 0.15) is 54.1 Å². The Morgan fingerprint density at radius 3 is 2.44 bits per heavy atom. The molecule has 1 aromatic carbocycles. The molecule has 1 heterocycles. The Kier molecular flexibility index (Phi) is 6.37. The first-order valence-corrected chi connectivity index (χ1v) is 8.89. The SMILES string of the molecule is CCN(CC(O)c1ccc(C)cc1)C(=O)c1cnn(CC(C)C)c1C. The zero-order chi connectivity index (χ0) is 18.6. The lowest BCUT2D eigenvalue weighted by atomic mass is 10.1. The Hall–Kier alpha value is -2.14. The molecule has 0 saturated heterocycles. The van der Waals surface area contributed by atoms with Crippen molar-refractivity contribution < 1.29 is 9.90 Å². The summed E-state index contributed by atoms with van der Waals surface area (Å²) in [5, 5.41) is 14.8. The van der Waals surface area contributed by atoms with Crippen LogP contribution in [0.5, 0.6) is 0 Å². The minimum atomic E-state index is -0.699. The molecule has 0 radical (unpaired) electrons. The third kappa shape index (κ3) is 4.69. The van der Waals surface area contributed by atoms with Crippen molar-refractivity contribution in [1.29, 1.82) is 0 Å². The van der Waals surface area contributed by atoms with Gasteiger partial charge in [-0.1, -0.05) is 43.7 Å². The third-order valence-corrected chi connectivity index (χ3v) is 4.40. The summed E-state index contributed by atoms with van der Waals surface area (Å²) < 4.78 is 1.88. The van der Waals surface area contributed by atoms with Crippen molar-refractivity contribution in [2.24, 2.45) is 5.92 Å². The number of amides is 1. The maximum Gasteiger partial charge on any atom is 0.257 e. The van der Waals surface area contributed by atoms with Gasteiger partial charge in [-0.2, -0.15) is 5.10 Å². The number of hydrogen-bond acceptors (Lipinski definition) is 3. The number of aryl methyl sites for hydroxylation is 1. The first-order valence-electron chi connectivity index (χ1n) is 8.89. The van der Waals surface area contributed by atoms with E-state index in [4.69, 9.17) is 0 Å². The van der Waals surface area contributed by atoms with Gasteiger partial charge in [-0.15, -0.1) is 0 Å². The second-order valence-corrected chi connectivity index (χ2v) is 6.99. The van der Waals surface area contributed by atoms with Gasteiger partial charge in [0.1, 0.15) is 0 Å². The summed E-state index contributed by atoms with van der Waals surface area (Å²) in [6, 6.07) is 7.75. The van der Waals surface area contributed by atoms with Crippen LogP contribution in [-0.4, -0.2) is 38.8 Å². The smallest absolute Gasteiger partial charge is 0.257 e. The van der Waals surface area contributed by atoms with Crippen LogP contribution in [0.4, 0.5) is 0 Å². The van der Waals surface area contributed by atoms with Crippen LogP contribution in [0, 0.1) is 19.8 Å². The minimum Gasteiger partial charge on any atom is -0.387 e. The summed E-state index contributed by atoms with van der Waals surface area (Å²) in [6.45, 7) is 11.7. The number of aliphatic hydroxyl groups is 1. The summed E-state index contributed by atoms with van der Waals surface area (Å²) in [4.78, 5) is 14.6. The average molecular weight is 343 g/mol. The van der Waals surface area contributed by atoms with E-state index < -0.39 is 6.10 Å². The lowest BCUT2D eigenvalue weighted by Crippen LogP contribution is -2.35. The van der Waals surface area contributed by atoms with E-state index in [9.17, 15) is 9.90 Å². The van der Waals surface area contributed by atoms with E-state index in [1.165, 1.54) is 0 Å². The predicted molar refractivity (Wildman–Crippen MR) is 99.5 cm³/mol. The predicted octanol–water partition coefficient (Wildman–Crippen LogP) is 3.35. The number of carbonyl (C=O) groups excluding carboxylic acids is 1. The monoisotopic (exact) mass is 343 g/mol. The van der Waals surface area contributed by atoms with E-state index in [0.29, 0.717) is 18.0 Å². The zero-order valence-electron chi connectivity index (χ0n) is 15.9. The Bertz CT molecular complexity index is 704. The fraction of sp³-hybridized carbons (Fsp3) is 0.500. The summed E-state index contributed by atoms with van der Waals surface area (Å²) >= 11 is 0. The molecule has 2 aromatic rings. The normalized spacial score (nSPS) is 12.4. The number of hydrogen-bond donors (Lipinski definition) is 1. The standard InChI is InChI=1S/C20H29N3O2/c1-6-22(13-19(24)17-9-7-15(4)8-10-17)20(25)18-11-21-23(16(18)5)12-14(2)3/h7-11,14,19,24H,6,12-13H2,1-5H3. The number of aromatic nitrogens is 2. The van der Waals surface area contributed by atoms with E-state index in [2.05, 4.69) is 18.9 Å². The van der Waals surface area contributed by atoms with Crippen molar-refractivity contribution in [2.45, 2.75) is 47.3 Å². The van der Waals surface area contributed by atoms with Gasteiger partial charge >= 0.3 is 0 Å². The second kappa shape index (κ2) is 8.30. The molecule has 0 spiro atoms. The Morgan fingerprint density at radius 2 is 1.88 bits per heavy atom. The molecule has 5 nitrogen and oxygen atoms in total. The molecule has 2 rings (SSSR count). The average Bonchev–Trinajstić information content (AvgIpc) is 2.92. The van der Waals surface area contributed by atoms with Crippen LogP contribution in [0.15, 0.2) is 30.5 Å². The topological polar surface area (TPSA) is 58.4 Å². The molecule has 1 N–H and O–H groups in total. The highest BCUT2D eigenvalue weighted by molar-refractivity contribution is 5.95. The van der Waals surface area contributed by atoms with Crippen LogP contribution < -0.4 is 0 Å². The summed E-state index contributed by atoms with van der Waals surface area (Å²) in [5.41, 5.74) is 3.46. The highest BCUT2D eigenvalue weighted by Gasteiger charge is 2.22. The lowest BCUT2D eigenvalue weighted by molar-refractivity contribution is 0.0634. The number of rotatable bonds is 7. The maximum absolute atomic E-state index is 12.9. The van der Waals surface area contributed by atoms with Crippen LogP contribution in [0.25, 0.3) is 0 Å². The lowest BCUT2D eigenvalue weighted by Gasteiger charge is -2.24. The Balaban J connectivity index is 2.13. The van der Waals surface area contributed by atoms with Crippen molar-refractivity contribution in [3.63, 3.8) is 0 Å². The molecule has 0 bridgehead atoms. The molecule has 5 heteroatoms. The van der Waals surface area contributed by atoms with Crippen molar-refractivity contribution >= 4 is 5.91 Å². The minimum absolute atomic E-state index is 0.0823. The largest absolute Gasteiger partial charge is 0.387 e. The van der Waals surface area contributed by atoms with Gasteiger partial charge in [-0.25, -0.2) is 0 Å². The fourth-order valence-corrected chi connectivity index (χ4v) is 2.82. The first-order chi connectivity index (χ1) is 11.8. The van der Waals surface area contributed by atoms with Gasteiger partial charge in [0.15, 0.2) is 0 Å². The summed E-state index contributed by atoms with van der Waals surface area (Å²) in [7, 11) is 0. The maximum atomic E-state index is 12.9. The molecule has 0 fully saturated rings. The molecule has 136 valence electrons. The Labute approximate surface area is 150 Å². The van der Waals surface area contributed by atoms with Gasteiger partial charge in [0, 0.05) is 18.8 Å². The van der Waals surface area contributed by atoms with E-state index in [1.54, 1.807) is 11.1 Å². The van der Waals surface area contributed by atoms with Crippen LogP contribution in [0.3, 0.4) is 0 Å². The van der Waals surface area contributed by atoms with Crippen molar-refractivity contribution in [3.05, 3.63) is 52.8 Å². The van der Waals surface area contributed by atoms with Crippen LogP contribution in [0.2, 0.25) is 0 Å². The number of likely N-dealkylation sites (N-methyl/N-ethyl adjacent to an activating group) is 1. The highest BCUT2D eigenvalue weighted by Crippen LogP contribution is 2.18. The number of benzene rings is 1. The van der Waals surface area contributed by atoms with Crippen LogP contribution >= 0.6 is 0 Å². The van der Waals surface area contributed by atoms with E-state index in [-0.39, 0.29) is 12.5 Å². The van der Waals surface area contributed by atoms with Gasteiger partial charge in [0.05, 0.1) is 24.4 Å². The van der Waals surface area contributed by atoms with E-state index in [1.807, 2.05) is 49.7 Å². The molecule has 0 aliphatic heterocycles. The quantitative estimate of drug-likeness (QED) is 0.839. The first kappa shape index (κ1) is 19.2. The molecule has 1 aromatic heterocycles. The molecular weight excluding hydrogens is 314 g/mol. The molecule has 1 amide bonds. The van der Waals surface area contributed by atoms with E-state index >= 15 is 0 Å². The molecule has 0 saturated carbocycles. The van der Waals surface area contributed by atoms with Gasteiger partial charge in [0.25, 0.3) is 5.91 Å². The molecule has 25 heavy (non-hydrogen) atoms. The molecule has 0 aliphatic rings. The summed E-state index contributed by atoms with van der Waals surface area (Å²) in [5.74, 6) is 0.383. The highest BCUT2D eigenvalue weighted by atomic mass is 16.3. The number of carbonyl (C=O) groups is 1. The van der Waals surface area contributed by atoms with Gasteiger partial charge in [-0.3, -0.25) is 9.48 Å². The third-order valence-electron chi connectivity index (χ3n) is 4.40. The van der Waals surface area contributed by atoms with Gasteiger partial charge < -0.3 is 10.0 Å². The van der Waals surface area contributed by atoms with Crippen molar-refractivity contribution in [3.8, 4) is 0 Å². The van der Waals surface area contributed by atoms with Crippen molar-refractivity contribution in [2.75, 3.05) is 13.1 Å². The van der Waals surface area contributed by atoms with Crippen molar-refractivity contribution in [1.82, 2.24) is 14.7 Å². The fourth-order valence-electron chi connectivity index (χ4n) is 2.82. The molecule has 0 aliphatic carbocycles. The van der Waals surface area contributed by atoms with E-state index in [0.717, 1.165) is 23.4 Å². The van der Waals surface area contributed by atoms with Crippen LogP contribution in [-0.2, 0) is 6.54 Å². The number of aliphatic hydroxyl groups excluding tert-OH is 1. The molecular formula is C20H29N3O2. The summed E-state index contributed by atoms with van der Waals surface area (Å²) in [6.07, 6.45) is 0.941. The molecule has 1 unspecified atom stereocenters.